The van der Waals surface area contributed by atoms with Crippen LogP contribution >= 0.6 is 10.7 Å². The Bertz CT molecular complexity index is 659. The molecule has 0 N–H and O–H groups in total. The Morgan fingerprint density at radius 2 is 2.16 bits per heavy atom. The summed E-state index contributed by atoms with van der Waals surface area (Å²) >= 11 is 0. The van der Waals surface area contributed by atoms with Crippen molar-refractivity contribution < 1.29 is 13.2 Å². The molecule has 6 atom stereocenters. The van der Waals surface area contributed by atoms with Crippen LogP contribution in [0.4, 0.5) is 0 Å². The van der Waals surface area contributed by atoms with E-state index < -0.39 is 14.8 Å². The second-order valence-corrected chi connectivity index (χ2v) is 9.10. The average Bonchev–Trinajstić information content (AvgIpc) is 3.16. The average molecular weight is 300 g/mol. The molecule has 5 aliphatic rings. The molecule has 4 nitrogen and oxygen atoms in total. The maximum absolute atomic E-state index is 12.6. The second-order valence-electron chi connectivity index (χ2n) is 6.74. The van der Waals surface area contributed by atoms with Crippen molar-refractivity contribution in [2.75, 3.05) is 0 Å². The molecule has 4 aliphatic carbocycles. The number of halogens is 1. The lowest BCUT2D eigenvalue weighted by molar-refractivity contribution is -0.130. The van der Waals surface area contributed by atoms with Gasteiger partial charge >= 0.3 is 9.24 Å². The Kier molecular flexibility index (Phi) is 1.61. The van der Waals surface area contributed by atoms with Gasteiger partial charge in [-0.05, 0) is 37.0 Å². The summed E-state index contributed by atoms with van der Waals surface area (Å²) in [6, 6.07) is 0. The molecule has 0 radical (unpaired) electrons. The minimum Gasteiger partial charge on any atom is -0.273 e. The van der Waals surface area contributed by atoms with E-state index in [-0.39, 0.29) is 17.2 Å². The molecular weight excluding hydrogens is 286 g/mol. The van der Waals surface area contributed by atoms with Gasteiger partial charge in [0.15, 0.2) is 0 Å². The van der Waals surface area contributed by atoms with E-state index in [1.54, 1.807) is 0 Å². The van der Waals surface area contributed by atoms with Crippen molar-refractivity contribution in [3.63, 3.8) is 0 Å². The van der Waals surface area contributed by atoms with Gasteiger partial charge in [0.05, 0.1) is 11.5 Å². The topological polar surface area (TPSA) is 54.5 Å². The summed E-state index contributed by atoms with van der Waals surface area (Å²) in [6.45, 7) is 0. The smallest absolute Gasteiger partial charge is 0.273 e. The Hall–Kier alpha value is -0.550. The number of allylic oxidation sites excluding steroid dienone is 1. The fourth-order valence-corrected chi connectivity index (χ4v) is 7.53. The molecule has 6 unspecified atom stereocenters. The van der Waals surface area contributed by atoms with Gasteiger partial charge < -0.3 is 0 Å². The summed E-state index contributed by atoms with van der Waals surface area (Å²) in [7, 11) is 1.64. The summed E-state index contributed by atoms with van der Waals surface area (Å²) in [6.07, 6.45) is 8.26. The van der Waals surface area contributed by atoms with Gasteiger partial charge in [0, 0.05) is 16.1 Å². The first kappa shape index (κ1) is 11.1. The molecule has 0 aromatic heterocycles. The van der Waals surface area contributed by atoms with E-state index in [0.29, 0.717) is 17.8 Å². The monoisotopic (exact) mass is 299 g/mol. The molecular formula is C13H14ClNO3S. The standard InChI is InChI=1S/C13H14ClNO3S/c14-19(17,18)15-11(16)10-8-2-1-4-13(15)9-6-7(9)3-5-12(8,10)13/h3,5,7-10H,1-2,4,6H2. The Morgan fingerprint density at radius 3 is 2.89 bits per heavy atom. The molecule has 1 amide bonds. The van der Waals surface area contributed by atoms with Gasteiger partial charge in [-0.1, -0.05) is 18.6 Å². The van der Waals surface area contributed by atoms with Gasteiger partial charge in [-0.25, -0.2) is 4.31 Å². The number of hydrogen-bond acceptors (Lipinski definition) is 3. The highest BCUT2D eigenvalue weighted by atomic mass is 35.7. The first-order chi connectivity index (χ1) is 8.94. The third-order valence-corrected chi connectivity index (χ3v) is 7.72. The molecule has 1 saturated heterocycles. The van der Waals surface area contributed by atoms with E-state index >= 15 is 0 Å². The Balaban J connectivity index is 1.81. The fraction of sp³-hybridized carbons (Fsp3) is 0.769. The number of fused-ring (bicyclic) bond motifs is 2. The summed E-state index contributed by atoms with van der Waals surface area (Å²) in [4.78, 5) is 12.6. The highest BCUT2D eigenvalue weighted by molar-refractivity contribution is 8.12. The molecule has 0 aromatic rings. The summed E-state index contributed by atoms with van der Waals surface area (Å²) in [5.41, 5.74) is -0.723. The predicted molar refractivity (Wildman–Crippen MR) is 68.4 cm³/mol. The predicted octanol–water partition coefficient (Wildman–Crippen LogP) is 1.67. The van der Waals surface area contributed by atoms with Crippen LogP contribution in [-0.4, -0.2) is 24.2 Å². The fourth-order valence-electron chi connectivity index (χ4n) is 5.85. The van der Waals surface area contributed by atoms with Crippen LogP contribution in [0.25, 0.3) is 0 Å². The largest absolute Gasteiger partial charge is 0.324 e. The highest BCUT2D eigenvalue weighted by Crippen LogP contribution is 2.83. The lowest BCUT2D eigenvalue weighted by Gasteiger charge is -2.48. The molecule has 1 aliphatic heterocycles. The van der Waals surface area contributed by atoms with E-state index in [9.17, 15) is 13.2 Å². The minimum absolute atomic E-state index is 0.124. The quantitative estimate of drug-likeness (QED) is 0.547. The third-order valence-electron chi connectivity index (χ3n) is 6.36. The zero-order valence-corrected chi connectivity index (χ0v) is 11.8. The molecule has 19 heavy (non-hydrogen) atoms. The van der Waals surface area contributed by atoms with E-state index in [0.717, 1.165) is 30.0 Å². The minimum atomic E-state index is -3.97. The molecule has 1 spiro atoms. The number of rotatable bonds is 1. The Morgan fingerprint density at radius 1 is 1.37 bits per heavy atom. The molecule has 4 fully saturated rings. The number of amides is 1. The van der Waals surface area contributed by atoms with E-state index in [1.807, 2.05) is 0 Å². The van der Waals surface area contributed by atoms with Gasteiger partial charge in [0.1, 0.15) is 0 Å². The molecule has 1 heterocycles. The van der Waals surface area contributed by atoms with Crippen molar-refractivity contribution in [1.82, 2.24) is 4.31 Å². The Labute approximate surface area is 116 Å². The molecule has 5 rings (SSSR count). The molecule has 102 valence electrons. The number of carbonyl (C=O) groups is 1. The lowest BCUT2D eigenvalue weighted by atomic mass is 9.66. The zero-order chi connectivity index (χ0) is 13.2. The summed E-state index contributed by atoms with van der Waals surface area (Å²) in [5.74, 6) is 0.766. The number of nitrogens with zero attached hydrogens (tertiary/aromatic N) is 1. The van der Waals surface area contributed by atoms with Crippen molar-refractivity contribution in [1.29, 1.82) is 0 Å². The summed E-state index contributed by atoms with van der Waals surface area (Å²) in [5, 5.41) is 0. The van der Waals surface area contributed by atoms with Crippen molar-refractivity contribution in [3.05, 3.63) is 12.2 Å². The van der Waals surface area contributed by atoms with Crippen molar-refractivity contribution in [2.45, 2.75) is 31.2 Å². The summed E-state index contributed by atoms with van der Waals surface area (Å²) < 4.78 is 25.0. The van der Waals surface area contributed by atoms with Crippen LogP contribution in [0.1, 0.15) is 25.7 Å². The normalized spacial score (nSPS) is 56.5. The van der Waals surface area contributed by atoms with E-state index in [4.69, 9.17) is 10.7 Å². The van der Waals surface area contributed by atoms with Crippen molar-refractivity contribution in [2.24, 2.45) is 29.1 Å². The van der Waals surface area contributed by atoms with Crippen LogP contribution in [0.3, 0.4) is 0 Å². The first-order valence-corrected chi connectivity index (χ1v) is 9.19. The molecule has 3 saturated carbocycles. The molecule has 0 bridgehead atoms. The second kappa shape index (κ2) is 2.75. The number of carbonyl (C=O) groups excluding carboxylic acids is 1. The van der Waals surface area contributed by atoms with Crippen LogP contribution in [0.5, 0.6) is 0 Å². The van der Waals surface area contributed by atoms with Crippen molar-refractivity contribution >= 4 is 25.8 Å². The zero-order valence-electron chi connectivity index (χ0n) is 10.3. The van der Waals surface area contributed by atoms with Gasteiger partial charge in [-0.15, -0.1) is 0 Å². The van der Waals surface area contributed by atoms with Gasteiger partial charge in [-0.2, -0.15) is 8.42 Å². The molecule has 0 aromatic carbocycles. The number of hydrogen-bond donors (Lipinski definition) is 0. The van der Waals surface area contributed by atoms with Crippen molar-refractivity contribution in [3.8, 4) is 0 Å². The number of piperidine rings is 1. The van der Waals surface area contributed by atoms with Crippen LogP contribution in [-0.2, 0) is 14.0 Å². The maximum atomic E-state index is 12.6. The van der Waals surface area contributed by atoms with Crippen LogP contribution in [0.2, 0.25) is 0 Å². The lowest BCUT2D eigenvalue weighted by Crippen LogP contribution is -2.58. The molecule has 6 heteroatoms. The van der Waals surface area contributed by atoms with Crippen LogP contribution < -0.4 is 0 Å². The first-order valence-electron chi connectivity index (χ1n) is 6.93. The van der Waals surface area contributed by atoms with Crippen LogP contribution in [0.15, 0.2) is 12.2 Å². The van der Waals surface area contributed by atoms with Crippen LogP contribution in [0, 0.1) is 29.1 Å². The van der Waals surface area contributed by atoms with Gasteiger partial charge in [0.25, 0.3) is 0 Å². The highest BCUT2D eigenvalue weighted by Gasteiger charge is 2.89. The third kappa shape index (κ3) is 0.916. The van der Waals surface area contributed by atoms with E-state index in [1.165, 1.54) is 0 Å². The maximum Gasteiger partial charge on any atom is 0.324 e. The van der Waals surface area contributed by atoms with Gasteiger partial charge in [-0.3, -0.25) is 4.79 Å². The van der Waals surface area contributed by atoms with E-state index in [2.05, 4.69) is 12.2 Å². The SMILES string of the molecule is O=C1C2C3CCCC4(C5CC5C=CC324)N1S(=O)(=O)Cl. The van der Waals surface area contributed by atoms with Gasteiger partial charge in [0.2, 0.25) is 5.91 Å².